The third kappa shape index (κ3) is 6.22. The minimum Gasteiger partial charge on any atom is -0.376 e. The second-order valence-electron chi connectivity index (χ2n) is 9.33. The zero-order valence-electron chi connectivity index (χ0n) is 20.7. The zero-order valence-corrected chi connectivity index (χ0v) is 22.3. The predicted octanol–water partition coefficient (Wildman–Crippen LogP) is 3.99. The van der Waals surface area contributed by atoms with Crippen molar-refractivity contribution in [3.05, 3.63) is 53.6 Å². The third-order valence-corrected chi connectivity index (χ3v) is 8.87. The van der Waals surface area contributed by atoms with Crippen molar-refractivity contribution in [3.8, 4) is 0 Å². The highest BCUT2D eigenvalue weighted by molar-refractivity contribution is 7.98. The molecule has 2 aromatic rings. The van der Waals surface area contributed by atoms with Crippen molar-refractivity contribution in [2.24, 2.45) is 5.92 Å². The highest BCUT2D eigenvalue weighted by Gasteiger charge is 2.26. The van der Waals surface area contributed by atoms with Gasteiger partial charge in [0.15, 0.2) is 0 Å². The number of carbonyl (C=O) groups is 2. The monoisotopic (exact) mass is 531 g/mol. The Morgan fingerprint density at radius 2 is 1.83 bits per heavy atom. The molecule has 0 bridgehead atoms. The van der Waals surface area contributed by atoms with E-state index in [2.05, 4.69) is 17.0 Å². The van der Waals surface area contributed by atoms with Gasteiger partial charge in [-0.05, 0) is 68.2 Å². The number of anilines is 1. The molecule has 0 aromatic heterocycles. The molecular formula is C26H33N3O5S2. The normalized spacial score (nSPS) is 18.7. The molecule has 2 aliphatic rings. The lowest BCUT2D eigenvalue weighted by molar-refractivity contribution is 0.0693. The molecule has 2 amide bonds. The number of amides is 2. The fourth-order valence-corrected chi connectivity index (χ4v) is 6.16. The van der Waals surface area contributed by atoms with Crippen LogP contribution in [0.5, 0.6) is 0 Å². The van der Waals surface area contributed by atoms with Crippen LogP contribution in [0.1, 0.15) is 53.3 Å². The van der Waals surface area contributed by atoms with E-state index in [1.165, 1.54) is 23.9 Å². The molecule has 0 radical (unpaired) electrons. The van der Waals surface area contributed by atoms with E-state index in [0.29, 0.717) is 37.7 Å². The standard InChI is InChI=1S/C26H33N3O5S2/c1-18-11-13-29(14-12-18)26(31)22-16-20(9-10-24(22)35-2)36(32,33)28-23-8-4-3-7-21(23)25(30)27-17-19-6-5-15-34-19/h3-4,7-10,16,18-19,28H,5-6,11-15,17H2,1-2H3,(H,27,30)/t19-/m1/s1. The van der Waals surface area contributed by atoms with Crippen LogP contribution in [0.25, 0.3) is 0 Å². The summed E-state index contributed by atoms with van der Waals surface area (Å²) < 4.78 is 34.8. The minimum absolute atomic E-state index is 0.0215. The molecule has 1 atom stereocenters. The number of nitrogens with one attached hydrogen (secondary N) is 2. The highest BCUT2D eigenvalue weighted by atomic mass is 32.2. The first-order chi connectivity index (χ1) is 17.3. The van der Waals surface area contributed by atoms with E-state index in [-0.39, 0.29) is 34.1 Å². The predicted molar refractivity (Wildman–Crippen MR) is 141 cm³/mol. The Morgan fingerprint density at radius 1 is 1.08 bits per heavy atom. The van der Waals surface area contributed by atoms with Crippen molar-refractivity contribution in [3.63, 3.8) is 0 Å². The maximum atomic E-state index is 13.3. The van der Waals surface area contributed by atoms with Gasteiger partial charge in [-0.2, -0.15) is 0 Å². The van der Waals surface area contributed by atoms with Crippen LogP contribution in [0, 0.1) is 5.92 Å². The summed E-state index contributed by atoms with van der Waals surface area (Å²) in [5, 5.41) is 2.83. The molecule has 0 spiro atoms. The Labute approximate surface area is 217 Å². The maximum absolute atomic E-state index is 13.3. The van der Waals surface area contributed by atoms with Gasteiger partial charge in [0.25, 0.3) is 21.8 Å². The average Bonchev–Trinajstić information content (AvgIpc) is 3.41. The summed E-state index contributed by atoms with van der Waals surface area (Å²) in [5.74, 6) is 0.0434. The van der Waals surface area contributed by atoms with Crippen molar-refractivity contribution in [1.29, 1.82) is 0 Å². The first kappa shape index (κ1) is 26.5. The van der Waals surface area contributed by atoms with Crippen molar-refractivity contribution in [2.75, 3.05) is 37.2 Å². The fraction of sp³-hybridized carbons (Fsp3) is 0.462. The van der Waals surface area contributed by atoms with Gasteiger partial charge in [-0.3, -0.25) is 14.3 Å². The summed E-state index contributed by atoms with van der Waals surface area (Å²) in [7, 11) is -4.06. The molecule has 2 fully saturated rings. The van der Waals surface area contributed by atoms with E-state index in [0.717, 1.165) is 30.6 Å². The molecule has 0 saturated carbocycles. The summed E-state index contributed by atoms with van der Waals surface area (Å²) in [4.78, 5) is 28.6. The molecule has 2 saturated heterocycles. The van der Waals surface area contributed by atoms with Crippen molar-refractivity contribution in [1.82, 2.24) is 10.2 Å². The largest absolute Gasteiger partial charge is 0.376 e. The molecule has 8 nitrogen and oxygen atoms in total. The van der Waals surface area contributed by atoms with Crippen molar-refractivity contribution in [2.45, 2.75) is 48.5 Å². The van der Waals surface area contributed by atoms with Crippen LogP contribution in [0.3, 0.4) is 0 Å². The van der Waals surface area contributed by atoms with E-state index in [1.54, 1.807) is 35.2 Å². The average molecular weight is 532 g/mol. The van der Waals surface area contributed by atoms with E-state index >= 15 is 0 Å². The molecule has 36 heavy (non-hydrogen) atoms. The van der Waals surface area contributed by atoms with Crippen LogP contribution in [-0.2, 0) is 14.8 Å². The van der Waals surface area contributed by atoms with E-state index in [9.17, 15) is 18.0 Å². The van der Waals surface area contributed by atoms with Crippen LogP contribution in [-0.4, -0.2) is 63.7 Å². The molecule has 2 aliphatic heterocycles. The number of thioether (sulfide) groups is 1. The summed E-state index contributed by atoms with van der Waals surface area (Å²) in [6, 6.07) is 11.1. The molecule has 2 heterocycles. The number of hydrogen-bond donors (Lipinski definition) is 2. The lowest BCUT2D eigenvalue weighted by atomic mass is 9.98. The number of hydrogen-bond acceptors (Lipinski definition) is 6. The molecule has 0 aliphatic carbocycles. The van der Waals surface area contributed by atoms with Gasteiger partial charge < -0.3 is 15.0 Å². The zero-order chi connectivity index (χ0) is 25.7. The molecule has 4 rings (SSSR count). The first-order valence-electron chi connectivity index (χ1n) is 12.3. The molecule has 2 N–H and O–H groups in total. The molecule has 0 unspecified atom stereocenters. The van der Waals surface area contributed by atoms with Gasteiger partial charge >= 0.3 is 0 Å². The van der Waals surface area contributed by atoms with E-state index < -0.39 is 10.0 Å². The van der Waals surface area contributed by atoms with Gasteiger partial charge in [-0.15, -0.1) is 11.8 Å². The van der Waals surface area contributed by atoms with Crippen LogP contribution in [0.2, 0.25) is 0 Å². The second kappa shape index (κ2) is 11.7. The highest BCUT2D eigenvalue weighted by Crippen LogP contribution is 2.28. The Bertz CT molecular complexity index is 1200. The smallest absolute Gasteiger partial charge is 0.261 e. The number of nitrogens with zero attached hydrogens (tertiary/aromatic N) is 1. The van der Waals surface area contributed by atoms with Crippen molar-refractivity contribution < 1.29 is 22.7 Å². The van der Waals surface area contributed by atoms with E-state index in [4.69, 9.17) is 4.74 Å². The topological polar surface area (TPSA) is 105 Å². The van der Waals surface area contributed by atoms with Crippen LogP contribution in [0.15, 0.2) is 52.3 Å². The molecular weight excluding hydrogens is 498 g/mol. The van der Waals surface area contributed by atoms with Gasteiger partial charge in [0, 0.05) is 31.1 Å². The SMILES string of the molecule is CSc1ccc(S(=O)(=O)Nc2ccccc2C(=O)NC[C@H]2CCCO2)cc1C(=O)N1CCC(C)CC1. The Kier molecular flexibility index (Phi) is 8.58. The first-order valence-corrected chi connectivity index (χ1v) is 15.0. The maximum Gasteiger partial charge on any atom is 0.261 e. The van der Waals surface area contributed by atoms with Crippen LogP contribution in [0.4, 0.5) is 5.69 Å². The minimum atomic E-state index is -4.06. The number of sulfonamides is 1. The number of benzene rings is 2. The Morgan fingerprint density at radius 3 is 2.53 bits per heavy atom. The Hall–Kier alpha value is -2.56. The number of rotatable bonds is 8. The van der Waals surface area contributed by atoms with Crippen molar-refractivity contribution >= 4 is 39.3 Å². The van der Waals surface area contributed by atoms with Gasteiger partial charge in [0.1, 0.15) is 0 Å². The fourth-order valence-electron chi connectivity index (χ4n) is 4.48. The summed E-state index contributed by atoms with van der Waals surface area (Å²) in [6.45, 7) is 4.56. The van der Waals surface area contributed by atoms with Crippen LogP contribution < -0.4 is 10.0 Å². The number of para-hydroxylation sites is 1. The van der Waals surface area contributed by atoms with Crippen LogP contribution >= 0.6 is 11.8 Å². The van der Waals surface area contributed by atoms with E-state index in [1.807, 2.05) is 6.26 Å². The Balaban J connectivity index is 1.54. The molecule has 10 heteroatoms. The van der Waals surface area contributed by atoms with Gasteiger partial charge in [-0.25, -0.2) is 8.42 Å². The molecule has 2 aromatic carbocycles. The number of carbonyl (C=O) groups excluding carboxylic acids is 2. The summed E-state index contributed by atoms with van der Waals surface area (Å²) >= 11 is 1.41. The van der Waals surface area contributed by atoms with Gasteiger partial charge in [0.2, 0.25) is 0 Å². The number of ether oxygens (including phenoxy) is 1. The lowest BCUT2D eigenvalue weighted by Crippen LogP contribution is -2.38. The molecule has 194 valence electrons. The summed E-state index contributed by atoms with van der Waals surface area (Å²) in [5.41, 5.74) is 0.773. The second-order valence-corrected chi connectivity index (χ2v) is 11.9. The third-order valence-electron chi connectivity index (χ3n) is 6.71. The lowest BCUT2D eigenvalue weighted by Gasteiger charge is -2.30. The quantitative estimate of drug-likeness (QED) is 0.499. The van der Waals surface area contributed by atoms with Gasteiger partial charge in [-0.1, -0.05) is 19.1 Å². The number of piperidine rings is 1. The summed E-state index contributed by atoms with van der Waals surface area (Å²) in [6.07, 6.45) is 5.57. The number of likely N-dealkylation sites (tertiary alicyclic amines) is 1. The van der Waals surface area contributed by atoms with Gasteiger partial charge in [0.05, 0.1) is 27.8 Å².